The maximum Gasteiger partial charge on any atom is 0.137 e. The van der Waals surface area contributed by atoms with Gasteiger partial charge in [-0.05, 0) is 24.1 Å². The Morgan fingerprint density at radius 2 is 2.12 bits per heavy atom. The number of para-hydroxylation sites is 1. The molecule has 0 spiro atoms. The number of benzene rings is 1. The molecule has 0 saturated carbocycles. The van der Waals surface area contributed by atoms with Crippen LogP contribution in [0.25, 0.3) is 16.8 Å². The number of alkyl halides is 1. The van der Waals surface area contributed by atoms with E-state index in [1.807, 2.05) is 22.8 Å². The number of rotatable bonds is 1. The molecule has 0 amide bonds. The van der Waals surface area contributed by atoms with Crippen molar-refractivity contribution in [3.05, 3.63) is 72.2 Å². The largest absolute Gasteiger partial charge is 0.374 e. The first-order chi connectivity index (χ1) is 11.8. The number of fused-ring (bicyclic) bond motifs is 2. The minimum atomic E-state index is 0.0591. The van der Waals surface area contributed by atoms with Gasteiger partial charge in [0.05, 0.1) is 16.9 Å². The summed E-state index contributed by atoms with van der Waals surface area (Å²) in [6.07, 6.45) is 10.9. The van der Waals surface area contributed by atoms with Crippen LogP contribution in [0.5, 0.6) is 0 Å². The first-order valence-corrected chi connectivity index (χ1v) is 8.45. The zero-order valence-corrected chi connectivity index (χ0v) is 13.6. The number of aromatic nitrogens is 3. The van der Waals surface area contributed by atoms with E-state index < -0.39 is 0 Å². The van der Waals surface area contributed by atoms with E-state index in [0.29, 0.717) is 0 Å². The highest BCUT2D eigenvalue weighted by molar-refractivity contribution is 6.22. The average molecular weight is 335 g/mol. The van der Waals surface area contributed by atoms with Gasteiger partial charge in [0.1, 0.15) is 12.0 Å². The SMILES string of the molecule is ClC1C=CC(C2Nc3ccccc3-c3ncnn4ccc2c34)=CC1. The van der Waals surface area contributed by atoms with E-state index in [2.05, 4.69) is 51.8 Å². The number of nitrogens with zero attached hydrogens (tertiary/aromatic N) is 3. The van der Waals surface area contributed by atoms with Crippen LogP contribution in [0.3, 0.4) is 0 Å². The Balaban J connectivity index is 1.78. The summed E-state index contributed by atoms with van der Waals surface area (Å²) >= 11 is 6.20. The smallest absolute Gasteiger partial charge is 0.137 e. The van der Waals surface area contributed by atoms with Crippen molar-refractivity contribution in [1.82, 2.24) is 14.6 Å². The zero-order valence-electron chi connectivity index (χ0n) is 12.9. The van der Waals surface area contributed by atoms with Gasteiger partial charge in [0, 0.05) is 23.0 Å². The van der Waals surface area contributed by atoms with Crippen molar-refractivity contribution in [2.75, 3.05) is 5.32 Å². The highest BCUT2D eigenvalue weighted by Gasteiger charge is 2.27. The number of hydrogen-bond donors (Lipinski definition) is 1. The van der Waals surface area contributed by atoms with E-state index >= 15 is 0 Å². The molecular formula is C19H15ClN4. The van der Waals surface area contributed by atoms with Crippen molar-refractivity contribution >= 4 is 22.8 Å². The molecule has 5 heteroatoms. The summed E-state index contributed by atoms with van der Waals surface area (Å²) in [6.45, 7) is 0. The molecule has 1 N–H and O–H groups in total. The second-order valence-corrected chi connectivity index (χ2v) is 6.67. The highest BCUT2D eigenvalue weighted by atomic mass is 35.5. The Kier molecular flexibility index (Phi) is 3.00. The summed E-state index contributed by atoms with van der Waals surface area (Å²) in [7, 11) is 0. The topological polar surface area (TPSA) is 42.2 Å². The van der Waals surface area contributed by atoms with E-state index in [9.17, 15) is 0 Å². The molecule has 1 aliphatic heterocycles. The predicted octanol–water partition coefficient (Wildman–Crippen LogP) is 4.36. The molecule has 2 aromatic heterocycles. The van der Waals surface area contributed by atoms with Crippen LogP contribution >= 0.6 is 11.6 Å². The summed E-state index contributed by atoms with van der Waals surface area (Å²) in [4.78, 5) is 4.57. The quantitative estimate of drug-likeness (QED) is 0.672. The third-order valence-corrected chi connectivity index (χ3v) is 5.01. The van der Waals surface area contributed by atoms with E-state index in [0.717, 1.165) is 28.9 Å². The minimum Gasteiger partial charge on any atom is -0.374 e. The number of hydrogen-bond acceptors (Lipinski definition) is 3. The molecule has 3 aromatic rings. The standard InChI is InChI=1S/C19H15ClN4/c20-13-7-5-12(6-8-13)17-15-9-10-24-19(15)18(21-11-22-24)14-3-1-2-4-16(14)23-17/h1-7,9-11,13,17,23H,8H2. The highest BCUT2D eigenvalue weighted by Crippen LogP contribution is 2.42. The molecule has 0 radical (unpaired) electrons. The van der Waals surface area contributed by atoms with Crippen molar-refractivity contribution in [3.63, 3.8) is 0 Å². The van der Waals surface area contributed by atoms with Crippen molar-refractivity contribution in [2.45, 2.75) is 17.8 Å². The summed E-state index contributed by atoms with van der Waals surface area (Å²) in [5.74, 6) is 0. The number of halogens is 1. The zero-order chi connectivity index (χ0) is 16.1. The summed E-state index contributed by atoms with van der Waals surface area (Å²) in [5, 5.41) is 8.14. The number of nitrogens with one attached hydrogen (secondary N) is 1. The molecule has 5 rings (SSSR count). The van der Waals surface area contributed by atoms with Crippen LogP contribution < -0.4 is 5.32 Å². The van der Waals surface area contributed by atoms with E-state index in [1.54, 1.807) is 6.33 Å². The van der Waals surface area contributed by atoms with Gasteiger partial charge < -0.3 is 5.32 Å². The lowest BCUT2D eigenvalue weighted by molar-refractivity contribution is 0.890. The molecule has 4 nitrogen and oxygen atoms in total. The first kappa shape index (κ1) is 13.8. The Bertz CT molecular complexity index is 1000. The Labute approximate surface area is 144 Å². The second kappa shape index (κ2) is 5.21. The summed E-state index contributed by atoms with van der Waals surface area (Å²) in [5.41, 5.74) is 6.62. The molecule has 1 aliphatic carbocycles. The fourth-order valence-electron chi connectivity index (χ4n) is 3.54. The summed E-state index contributed by atoms with van der Waals surface area (Å²) < 4.78 is 1.91. The predicted molar refractivity (Wildman–Crippen MR) is 96.3 cm³/mol. The molecule has 2 unspecified atom stereocenters. The van der Waals surface area contributed by atoms with Gasteiger partial charge in [-0.25, -0.2) is 9.50 Å². The molecule has 0 bridgehead atoms. The Morgan fingerprint density at radius 1 is 1.21 bits per heavy atom. The van der Waals surface area contributed by atoms with Crippen molar-refractivity contribution in [3.8, 4) is 11.3 Å². The van der Waals surface area contributed by atoms with Crippen LogP contribution in [0, 0.1) is 0 Å². The van der Waals surface area contributed by atoms with Crippen LogP contribution in [-0.4, -0.2) is 20.0 Å². The molecular weight excluding hydrogens is 320 g/mol. The van der Waals surface area contributed by atoms with Gasteiger partial charge in [-0.15, -0.1) is 11.6 Å². The third kappa shape index (κ3) is 2.00. The molecule has 0 fully saturated rings. The molecule has 0 saturated heterocycles. The molecule has 2 aliphatic rings. The second-order valence-electron chi connectivity index (χ2n) is 6.11. The van der Waals surface area contributed by atoms with Crippen molar-refractivity contribution < 1.29 is 0 Å². The van der Waals surface area contributed by atoms with E-state index in [1.165, 1.54) is 11.1 Å². The van der Waals surface area contributed by atoms with Gasteiger partial charge in [0.25, 0.3) is 0 Å². The monoisotopic (exact) mass is 334 g/mol. The van der Waals surface area contributed by atoms with E-state index in [4.69, 9.17) is 11.6 Å². The maximum absolute atomic E-state index is 6.20. The lowest BCUT2D eigenvalue weighted by Gasteiger charge is -2.22. The number of anilines is 1. The summed E-state index contributed by atoms with van der Waals surface area (Å²) in [6, 6.07) is 10.5. The van der Waals surface area contributed by atoms with Crippen LogP contribution in [0.2, 0.25) is 0 Å². The average Bonchev–Trinajstić information content (AvgIpc) is 2.98. The van der Waals surface area contributed by atoms with Gasteiger partial charge in [-0.2, -0.15) is 5.10 Å². The van der Waals surface area contributed by atoms with Gasteiger partial charge in [-0.1, -0.05) is 36.4 Å². The maximum atomic E-state index is 6.20. The van der Waals surface area contributed by atoms with Gasteiger partial charge in [-0.3, -0.25) is 0 Å². The normalized spacial score (nSPS) is 21.8. The molecule has 118 valence electrons. The van der Waals surface area contributed by atoms with Crippen LogP contribution in [0.1, 0.15) is 18.0 Å². The minimum absolute atomic E-state index is 0.0591. The molecule has 2 atom stereocenters. The lowest BCUT2D eigenvalue weighted by Crippen LogP contribution is -2.14. The Hall–Kier alpha value is -2.59. The Morgan fingerprint density at radius 3 is 3.00 bits per heavy atom. The van der Waals surface area contributed by atoms with Gasteiger partial charge in [0.2, 0.25) is 0 Å². The molecule has 1 aromatic carbocycles. The van der Waals surface area contributed by atoms with Crippen molar-refractivity contribution in [2.24, 2.45) is 0 Å². The van der Waals surface area contributed by atoms with Crippen molar-refractivity contribution in [1.29, 1.82) is 0 Å². The first-order valence-electron chi connectivity index (χ1n) is 8.02. The third-order valence-electron chi connectivity index (χ3n) is 4.69. The van der Waals surface area contributed by atoms with Crippen LogP contribution in [-0.2, 0) is 0 Å². The van der Waals surface area contributed by atoms with Crippen LogP contribution in [0.15, 0.2) is 66.7 Å². The lowest BCUT2D eigenvalue weighted by atomic mass is 9.95. The van der Waals surface area contributed by atoms with E-state index in [-0.39, 0.29) is 11.4 Å². The van der Waals surface area contributed by atoms with Crippen LogP contribution in [0.4, 0.5) is 5.69 Å². The van der Waals surface area contributed by atoms with Gasteiger partial charge in [0.15, 0.2) is 0 Å². The fourth-order valence-corrected chi connectivity index (χ4v) is 3.71. The fraction of sp³-hybridized carbons (Fsp3) is 0.158. The van der Waals surface area contributed by atoms with Gasteiger partial charge >= 0.3 is 0 Å². The molecule has 3 heterocycles. The number of allylic oxidation sites excluding steroid dienone is 2. The molecule has 24 heavy (non-hydrogen) atoms.